The topological polar surface area (TPSA) is 81.0 Å². The van der Waals surface area contributed by atoms with Gasteiger partial charge in [0.1, 0.15) is 6.26 Å². The second-order valence-electron chi connectivity index (χ2n) is 4.01. The zero-order valence-electron chi connectivity index (χ0n) is 11.8. The second kappa shape index (κ2) is 9.11. The van der Waals surface area contributed by atoms with Gasteiger partial charge in [0.2, 0.25) is 5.91 Å². The standard InChI is InChI=1S/C13H20N2O5/c1-3-20-14-12(16)4-6-15(7-9-18-2)13(17)11-5-8-19-10-11/h5,8,10H,3-4,6-7,9H2,1-2H3,(H,14,16). The van der Waals surface area contributed by atoms with Crippen LogP contribution in [0.1, 0.15) is 23.7 Å². The van der Waals surface area contributed by atoms with E-state index in [0.717, 1.165) is 0 Å². The third-order valence-electron chi connectivity index (χ3n) is 2.56. The van der Waals surface area contributed by atoms with Gasteiger partial charge in [-0.15, -0.1) is 0 Å². The number of furan rings is 1. The Morgan fingerprint density at radius 1 is 1.40 bits per heavy atom. The molecule has 0 radical (unpaired) electrons. The van der Waals surface area contributed by atoms with Crippen molar-refractivity contribution in [2.45, 2.75) is 13.3 Å². The van der Waals surface area contributed by atoms with Gasteiger partial charge in [0.25, 0.3) is 5.91 Å². The number of ether oxygens (including phenoxy) is 1. The number of hydrogen-bond donors (Lipinski definition) is 1. The third kappa shape index (κ3) is 5.41. The molecule has 0 saturated heterocycles. The molecule has 0 unspecified atom stereocenters. The Kier molecular flexibility index (Phi) is 7.38. The summed E-state index contributed by atoms with van der Waals surface area (Å²) in [5, 5.41) is 0. The molecule has 0 bridgehead atoms. The minimum absolute atomic E-state index is 0.160. The highest BCUT2D eigenvalue weighted by atomic mass is 16.6. The number of nitrogens with zero attached hydrogens (tertiary/aromatic N) is 1. The quantitative estimate of drug-likeness (QED) is 0.679. The van der Waals surface area contributed by atoms with Crippen LogP contribution in [0.15, 0.2) is 23.0 Å². The molecular formula is C13H20N2O5. The molecule has 0 aliphatic heterocycles. The van der Waals surface area contributed by atoms with E-state index in [1.54, 1.807) is 25.0 Å². The van der Waals surface area contributed by atoms with Crippen LogP contribution in [0.4, 0.5) is 0 Å². The summed E-state index contributed by atoms with van der Waals surface area (Å²) in [6.45, 7) is 3.26. The highest BCUT2D eigenvalue weighted by molar-refractivity contribution is 5.94. The van der Waals surface area contributed by atoms with Gasteiger partial charge in [0.15, 0.2) is 0 Å². The van der Waals surface area contributed by atoms with E-state index in [1.807, 2.05) is 0 Å². The van der Waals surface area contributed by atoms with E-state index in [0.29, 0.717) is 25.3 Å². The summed E-state index contributed by atoms with van der Waals surface area (Å²) in [5.74, 6) is -0.464. The summed E-state index contributed by atoms with van der Waals surface area (Å²) in [6, 6.07) is 1.59. The SMILES string of the molecule is CCONC(=O)CCN(CCOC)C(=O)c1ccoc1. The van der Waals surface area contributed by atoms with Crippen molar-refractivity contribution in [3.8, 4) is 0 Å². The molecule has 0 atom stereocenters. The Morgan fingerprint density at radius 2 is 2.20 bits per heavy atom. The van der Waals surface area contributed by atoms with Gasteiger partial charge in [-0.1, -0.05) is 0 Å². The largest absolute Gasteiger partial charge is 0.472 e. The number of methoxy groups -OCH3 is 1. The van der Waals surface area contributed by atoms with Crippen molar-refractivity contribution in [2.75, 3.05) is 33.4 Å². The second-order valence-corrected chi connectivity index (χ2v) is 4.01. The summed E-state index contributed by atoms with van der Waals surface area (Å²) in [5.41, 5.74) is 2.74. The van der Waals surface area contributed by atoms with E-state index in [1.165, 1.54) is 12.5 Å². The molecule has 20 heavy (non-hydrogen) atoms. The molecule has 0 aromatic carbocycles. The van der Waals surface area contributed by atoms with Gasteiger partial charge in [0.05, 0.1) is 25.0 Å². The van der Waals surface area contributed by atoms with Crippen LogP contribution in [-0.4, -0.2) is 50.1 Å². The van der Waals surface area contributed by atoms with E-state index < -0.39 is 0 Å². The zero-order chi connectivity index (χ0) is 14.8. The minimum Gasteiger partial charge on any atom is -0.472 e. The molecule has 0 aliphatic rings. The number of hydroxylamine groups is 1. The van der Waals surface area contributed by atoms with E-state index >= 15 is 0 Å². The number of hydrogen-bond acceptors (Lipinski definition) is 5. The number of carbonyl (C=O) groups is 2. The first-order valence-corrected chi connectivity index (χ1v) is 6.40. The van der Waals surface area contributed by atoms with Crippen LogP contribution in [-0.2, 0) is 14.4 Å². The zero-order valence-corrected chi connectivity index (χ0v) is 11.8. The molecule has 1 heterocycles. The van der Waals surface area contributed by atoms with Crippen LogP contribution in [0.2, 0.25) is 0 Å². The van der Waals surface area contributed by atoms with Crippen molar-refractivity contribution in [1.29, 1.82) is 0 Å². The van der Waals surface area contributed by atoms with Crippen LogP contribution >= 0.6 is 0 Å². The molecule has 0 saturated carbocycles. The molecule has 7 heteroatoms. The van der Waals surface area contributed by atoms with Gasteiger partial charge in [-0.2, -0.15) is 0 Å². The Hall–Kier alpha value is -1.86. The average molecular weight is 284 g/mol. The molecule has 0 fully saturated rings. The van der Waals surface area contributed by atoms with E-state index in [-0.39, 0.29) is 24.8 Å². The minimum atomic E-state index is -0.269. The van der Waals surface area contributed by atoms with Gasteiger partial charge in [-0.05, 0) is 13.0 Å². The first-order chi connectivity index (χ1) is 9.69. The number of carbonyl (C=O) groups excluding carboxylic acids is 2. The third-order valence-corrected chi connectivity index (χ3v) is 2.56. The van der Waals surface area contributed by atoms with Crippen molar-refractivity contribution in [3.63, 3.8) is 0 Å². The number of rotatable bonds is 9. The Balaban J connectivity index is 2.51. The summed E-state index contributed by atoms with van der Waals surface area (Å²) < 4.78 is 9.86. The summed E-state index contributed by atoms with van der Waals surface area (Å²) in [6.07, 6.45) is 2.97. The lowest BCUT2D eigenvalue weighted by molar-refractivity contribution is -0.133. The molecule has 0 spiro atoms. The Bertz CT molecular complexity index is 405. The molecule has 7 nitrogen and oxygen atoms in total. The lowest BCUT2D eigenvalue weighted by Crippen LogP contribution is -2.37. The van der Waals surface area contributed by atoms with Crippen molar-refractivity contribution in [2.24, 2.45) is 0 Å². The fraction of sp³-hybridized carbons (Fsp3) is 0.538. The molecule has 1 N–H and O–H groups in total. The van der Waals surface area contributed by atoms with Crippen molar-refractivity contribution in [1.82, 2.24) is 10.4 Å². The van der Waals surface area contributed by atoms with Crippen LogP contribution in [0.5, 0.6) is 0 Å². The van der Waals surface area contributed by atoms with Crippen LogP contribution in [0.25, 0.3) is 0 Å². The van der Waals surface area contributed by atoms with E-state index in [4.69, 9.17) is 14.0 Å². The predicted molar refractivity (Wildman–Crippen MR) is 70.9 cm³/mol. The maximum Gasteiger partial charge on any atom is 0.257 e. The van der Waals surface area contributed by atoms with Crippen molar-refractivity contribution < 1.29 is 23.6 Å². The molecule has 2 amide bonds. The summed E-state index contributed by atoms with van der Waals surface area (Å²) >= 11 is 0. The first-order valence-electron chi connectivity index (χ1n) is 6.40. The maximum absolute atomic E-state index is 12.2. The van der Waals surface area contributed by atoms with Crippen molar-refractivity contribution in [3.05, 3.63) is 24.2 Å². The van der Waals surface area contributed by atoms with Gasteiger partial charge in [-0.25, -0.2) is 5.48 Å². The van der Waals surface area contributed by atoms with Gasteiger partial charge < -0.3 is 14.1 Å². The number of nitrogens with one attached hydrogen (secondary N) is 1. The Morgan fingerprint density at radius 3 is 2.80 bits per heavy atom. The fourth-order valence-corrected chi connectivity index (χ4v) is 1.53. The normalized spacial score (nSPS) is 10.3. The van der Waals surface area contributed by atoms with Crippen LogP contribution < -0.4 is 5.48 Å². The molecule has 112 valence electrons. The molecular weight excluding hydrogens is 264 g/mol. The van der Waals surface area contributed by atoms with Gasteiger partial charge >= 0.3 is 0 Å². The van der Waals surface area contributed by atoms with Gasteiger partial charge in [0, 0.05) is 26.6 Å². The van der Waals surface area contributed by atoms with Crippen molar-refractivity contribution >= 4 is 11.8 Å². The predicted octanol–water partition coefficient (Wildman–Crippen LogP) is 0.826. The lowest BCUT2D eigenvalue weighted by Gasteiger charge is -2.21. The average Bonchev–Trinajstić information content (AvgIpc) is 2.98. The summed E-state index contributed by atoms with van der Waals surface area (Å²) in [4.78, 5) is 30.0. The smallest absolute Gasteiger partial charge is 0.257 e. The monoisotopic (exact) mass is 284 g/mol. The van der Waals surface area contributed by atoms with Crippen LogP contribution in [0.3, 0.4) is 0 Å². The Labute approximate surface area is 117 Å². The molecule has 1 aromatic heterocycles. The van der Waals surface area contributed by atoms with E-state index in [9.17, 15) is 9.59 Å². The maximum atomic E-state index is 12.2. The fourth-order valence-electron chi connectivity index (χ4n) is 1.53. The molecule has 1 rings (SSSR count). The molecule has 0 aliphatic carbocycles. The number of amides is 2. The highest BCUT2D eigenvalue weighted by Crippen LogP contribution is 2.06. The summed E-state index contributed by atoms with van der Waals surface area (Å²) in [7, 11) is 1.56. The lowest BCUT2D eigenvalue weighted by atomic mass is 10.2. The van der Waals surface area contributed by atoms with Crippen LogP contribution in [0, 0.1) is 0 Å². The van der Waals surface area contributed by atoms with E-state index in [2.05, 4.69) is 5.48 Å². The van der Waals surface area contributed by atoms with Gasteiger partial charge in [-0.3, -0.25) is 14.4 Å². The first kappa shape index (κ1) is 16.2. The molecule has 1 aromatic rings. The highest BCUT2D eigenvalue weighted by Gasteiger charge is 2.17.